The summed E-state index contributed by atoms with van der Waals surface area (Å²) < 4.78 is 11.0. The maximum Gasteiger partial charge on any atom is 0.295 e. The zero-order valence-corrected chi connectivity index (χ0v) is 21.8. The number of carbonyl (C=O) groups excluding carboxylic acids is 2. The Bertz CT molecular complexity index is 1050. The number of aliphatic hydroxyl groups excluding tert-OH is 1. The minimum atomic E-state index is -0.711. The van der Waals surface area contributed by atoms with Crippen molar-refractivity contribution >= 4 is 29.9 Å². The number of likely N-dealkylation sites (tertiary alicyclic amines) is 1. The Morgan fingerprint density at radius 3 is 2.29 bits per heavy atom. The second kappa shape index (κ2) is 12.6. The van der Waals surface area contributed by atoms with Gasteiger partial charge >= 0.3 is 0 Å². The van der Waals surface area contributed by atoms with Crippen molar-refractivity contribution in [3.8, 4) is 11.5 Å². The molecule has 190 valence electrons. The number of methoxy groups -OCH3 is 1. The van der Waals surface area contributed by atoms with Crippen LogP contribution in [0.15, 0.2) is 54.1 Å². The van der Waals surface area contributed by atoms with E-state index in [1.807, 2.05) is 26.0 Å². The van der Waals surface area contributed by atoms with Gasteiger partial charge in [0.25, 0.3) is 11.7 Å². The third-order valence-corrected chi connectivity index (χ3v) is 6.00. The van der Waals surface area contributed by atoms with E-state index >= 15 is 0 Å². The van der Waals surface area contributed by atoms with Gasteiger partial charge in [-0.25, -0.2) is 0 Å². The first-order valence-corrected chi connectivity index (χ1v) is 11.7. The van der Waals surface area contributed by atoms with Crippen molar-refractivity contribution in [2.75, 3.05) is 33.3 Å². The van der Waals surface area contributed by atoms with Crippen LogP contribution in [-0.2, 0) is 9.59 Å². The lowest BCUT2D eigenvalue weighted by molar-refractivity contribution is -0.140. The highest BCUT2D eigenvalue weighted by molar-refractivity contribution is 6.46. The molecule has 8 heteroatoms. The molecule has 0 bridgehead atoms. The Morgan fingerprint density at radius 2 is 1.71 bits per heavy atom. The molecule has 1 unspecified atom stereocenters. The molecule has 2 aromatic rings. The van der Waals surface area contributed by atoms with E-state index in [1.165, 1.54) is 0 Å². The molecule has 1 amide bonds. The molecule has 1 aliphatic rings. The maximum absolute atomic E-state index is 13.2. The Balaban J connectivity index is 0.00000432. The van der Waals surface area contributed by atoms with E-state index in [0.29, 0.717) is 35.7 Å². The lowest BCUT2D eigenvalue weighted by Gasteiger charge is -2.28. The molecule has 0 aliphatic carbocycles. The number of halogens is 1. The highest BCUT2D eigenvalue weighted by Gasteiger charge is 2.46. The number of amides is 1. The summed E-state index contributed by atoms with van der Waals surface area (Å²) in [5, 5.41) is 11.2. The molecule has 1 heterocycles. The van der Waals surface area contributed by atoms with Gasteiger partial charge < -0.3 is 24.4 Å². The van der Waals surface area contributed by atoms with Gasteiger partial charge in [-0.1, -0.05) is 26.0 Å². The lowest BCUT2D eigenvalue weighted by atomic mass is 9.95. The Hall–Kier alpha value is -3.03. The normalized spacial score (nSPS) is 17.1. The highest BCUT2D eigenvalue weighted by Crippen LogP contribution is 2.40. The van der Waals surface area contributed by atoms with Crippen LogP contribution < -0.4 is 9.47 Å². The van der Waals surface area contributed by atoms with Crippen molar-refractivity contribution in [2.45, 2.75) is 39.8 Å². The van der Waals surface area contributed by atoms with Crippen LogP contribution in [0.4, 0.5) is 0 Å². The molecule has 0 saturated carbocycles. The van der Waals surface area contributed by atoms with Gasteiger partial charge in [0.1, 0.15) is 17.3 Å². The number of rotatable bonds is 10. The van der Waals surface area contributed by atoms with Crippen molar-refractivity contribution in [1.82, 2.24) is 9.80 Å². The van der Waals surface area contributed by atoms with E-state index in [1.54, 1.807) is 48.4 Å². The largest absolute Gasteiger partial charge is 0.507 e. The van der Waals surface area contributed by atoms with Crippen LogP contribution in [0.25, 0.3) is 5.76 Å². The summed E-state index contributed by atoms with van der Waals surface area (Å²) in [4.78, 5) is 30.0. The minimum Gasteiger partial charge on any atom is -0.507 e. The number of aliphatic hydroxyl groups is 1. The van der Waals surface area contributed by atoms with Crippen molar-refractivity contribution in [3.63, 3.8) is 0 Å². The van der Waals surface area contributed by atoms with Crippen molar-refractivity contribution in [2.24, 2.45) is 0 Å². The van der Waals surface area contributed by atoms with Crippen LogP contribution in [0.1, 0.15) is 44.9 Å². The fourth-order valence-electron chi connectivity index (χ4n) is 4.18. The van der Waals surface area contributed by atoms with Crippen LogP contribution in [0.2, 0.25) is 0 Å². The smallest absolute Gasteiger partial charge is 0.295 e. The Labute approximate surface area is 213 Å². The van der Waals surface area contributed by atoms with Gasteiger partial charge in [0.2, 0.25) is 0 Å². The number of likely N-dealkylation sites (N-methyl/N-ethyl adjacent to an activating group) is 1. The number of ketones is 1. The summed E-state index contributed by atoms with van der Waals surface area (Å²) in [6, 6.07) is 13.4. The molecule has 1 fully saturated rings. The van der Waals surface area contributed by atoms with Gasteiger partial charge in [-0.2, -0.15) is 0 Å². The summed E-state index contributed by atoms with van der Waals surface area (Å²) >= 11 is 0. The molecule has 1 N–H and O–H groups in total. The summed E-state index contributed by atoms with van der Waals surface area (Å²) in [5.41, 5.74) is 1.24. The van der Waals surface area contributed by atoms with E-state index in [4.69, 9.17) is 9.47 Å². The average Bonchev–Trinajstić information content (AvgIpc) is 3.09. The van der Waals surface area contributed by atoms with Crippen LogP contribution in [-0.4, -0.2) is 66.0 Å². The SMILES string of the molecule is CCN(CC)CCN1C(=O)C(=O)/C(=C(/O)c2ccc(OC(C)C)cc2)C1c1cccc(OC)c1.Cl. The highest BCUT2D eigenvalue weighted by atomic mass is 35.5. The standard InChI is InChI=1S/C27H34N2O5.ClH/c1-6-28(7-2)15-16-29-24(20-9-8-10-22(17-20)33-5)23(26(31)27(29)32)25(30)19-11-13-21(14-12-19)34-18(3)4;/h8-14,17-18,24,30H,6-7,15-16H2,1-5H3;1H/b25-23+;. The maximum atomic E-state index is 13.2. The molecule has 0 radical (unpaired) electrons. The second-order valence-electron chi connectivity index (χ2n) is 8.49. The number of benzene rings is 2. The van der Waals surface area contributed by atoms with Gasteiger partial charge in [-0.05, 0) is 68.9 Å². The van der Waals surface area contributed by atoms with Gasteiger partial charge in [0.15, 0.2) is 0 Å². The molecular weight excluding hydrogens is 468 g/mol. The lowest BCUT2D eigenvalue weighted by Crippen LogP contribution is -2.38. The van der Waals surface area contributed by atoms with E-state index < -0.39 is 17.7 Å². The van der Waals surface area contributed by atoms with Crippen LogP contribution in [0.5, 0.6) is 11.5 Å². The third-order valence-electron chi connectivity index (χ3n) is 6.00. The summed E-state index contributed by atoms with van der Waals surface area (Å²) in [6.45, 7) is 10.7. The third kappa shape index (κ3) is 6.35. The first-order valence-electron chi connectivity index (χ1n) is 11.7. The molecule has 1 atom stereocenters. The number of carbonyl (C=O) groups is 2. The predicted octanol–water partition coefficient (Wildman–Crippen LogP) is 4.67. The first-order chi connectivity index (χ1) is 16.3. The monoisotopic (exact) mass is 502 g/mol. The van der Waals surface area contributed by atoms with Crippen LogP contribution in [0, 0.1) is 0 Å². The number of nitrogens with zero attached hydrogens (tertiary/aromatic N) is 2. The fourth-order valence-corrected chi connectivity index (χ4v) is 4.18. The molecule has 7 nitrogen and oxygen atoms in total. The molecule has 1 saturated heterocycles. The van der Waals surface area contributed by atoms with Gasteiger partial charge in [0.05, 0.1) is 24.8 Å². The average molecular weight is 503 g/mol. The molecule has 35 heavy (non-hydrogen) atoms. The van der Waals surface area contributed by atoms with Crippen molar-refractivity contribution in [1.29, 1.82) is 0 Å². The number of hydrogen-bond acceptors (Lipinski definition) is 6. The molecule has 3 rings (SSSR count). The van der Waals surface area contributed by atoms with E-state index in [9.17, 15) is 14.7 Å². The zero-order valence-electron chi connectivity index (χ0n) is 21.0. The Morgan fingerprint density at radius 1 is 1.06 bits per heavy atom. The van der Waals surface area contributed by atoms with Crippen LogP contribution in [0.3, 0.4) is 0 Å². The predicted molar refractivity (Wildman–Crippen MR) is 139 cm³/mol. The summed E-state index contributed by atoms with van der Waals surface area (Å²) in [7, 11) is 1.57. The molecule has 1 aliphatic heterocycles. The first kappa shape index (κ1) is 28.2. The second-order valence-corrected chi connectivity index (χ2v) is 8.49. The van der Waals surface area contributed by atoms with Gasteiger partial charge in [-0.15, -0.1) is 12.4 Å². The van der Waals surface area contributed by atoms with Crippen molar-refractivity contribution in [3.05, 3.63) is 65.2 Å². The number of hydrogen-bond donors (Lipinski definition) is 1. The minimum absolute atomic E-state index is 0. The van der Waals surface area contributed by atoms with Gasteiger partial charge in [0, 0.05) is 18.7 Å². The topological polar surface area (TPSA) is 79.3 Å². The Kier molecular flexibility index (Phi) is 10.2. The quantitative estimate of drug-likeness (QED) is 0.289. The van der Waals surface area contributed by atoms with Crippen LogP contribution >= 0.6 is 12.4 Å². The summed E-state index contributed by atoms with van der Waals surface area (Å²) in [6.07, 6.45) is 0.0173. The molecule has 0 spiro atoms. The van der Waals surface area contributed by atoms with E-state index in [-0.39, 0.29) is 29.8 Å². The fraction of sp³-hybridized carbons (Fsp3) is 0.407. The van der Waals surface area contributed by atoms with E-state index in [2.05, 4.69) is 18.7 Å². The molecular formula is C27H35ClN2O5. The van der Waals surface area contributed by atoms with E-state index in [0.717, 1.165) is 13.1 Å². The summed E-state index contributed by atoms with van der Waals surface area (Å²) in [5.74, 6) is -0.223. The zero-order chi connectivity index (χ0) is 24.8. The molecule has 2 aromatic carbocycles. The number of ether oxygens (including phenoxy) is 2. The molecule has 0 aromatic heterocycles. The van der Waals surface area contributed by atoms with Gasteiger partial charge in [-0.3, -0.25) is 9.59 Å². The van der Waals surface area contributed by atoms with Crippen molar-refractivity contribution < 1.29 is 24.2 Å². The number of Topliss-reactive ketones (excluding diaryl/α,β-unsaturated/α-hetero) is 1.